The molecule has 2 aromatic carbocycles. The van der Waals surface area contributed by atoms with E-state index < -0.39 is 0 Å². The van der Waals surface area contributed by atoms with Crippen molar-refractivity contribution in [3.8, 4) is 5.75 Å². The molecule has 25 heavy (non-hydrogen) atoms. The molecule has 0 saturated carbocycles. The molecule has 0 aliphatic carbocycles. The number of carbonyl (C=O) groups excluding carboxylic acids is 1. The zero-order valence-corrected chi connectivity index (χ0v) is 16.7. The van der Waals surface area contributed by atoms with Gasteiger partial charge in [0.2, 0.25) is 5.91 Å². The molecule has 0 heterocycles. The maximum absolute atomic E-state index is 12.2. The minimum atomic E-state index is -0.185. The van der Waals surface area contributed by atoms with E-state index in [1.165, 1.54) is 11.6 Å². The molecule has 3 nitrogen and oxygen atoms in total. The van der Waals surface area contributed by atoms with E-state index in [4.69, 9.17) is 4.74 Å². The van der Waals surface area contributed by atoms with Gasteiger partial charge in [-0.3, -0.25) is 4.79 Å². The van der Waals surface area contributed by atoms with E-state index in [2.05, 4.69) is 42.0 Å². The minimum Gasteiger partial charge on any atom is -0.493 e. The van der Waals surface area contributed by atoms with Crippen LogP contribution in [0.5, 0.6) is 5.75 Å². The van der Waals surface area contributed by atoms with Crippen LogP contribution in [0.4, 0.5) is 5.69 Å². The van der Waals surface area contributed by atoms with E-state index in [0.29, 0.717) is 6.61 Å². The van der Waals surface area contributed by atoms with Gasteiger partial charge >= 0.3 is 0 Å². The Morgan fingerprint density at radius 1 is 1.20 bits per heavy atom. The lowest BCUT2D eigenvalue weighted by molar-refractivity contribution is -0.111. The fourth-order valence-corrected chi connectivity index (χ4v) is 2.81. The fraction of sp³-hybridized carbons (Fsp3) is 0.286. The number of hydrogen-bond acceptors (Lipinski definition) is 2. The van der Waals surface area contributed by atoms with Gasteiger partial charge in [-0.2, -0.15) is 0 Å². The molecule has 4 heteroatoms. The molecule has 2 rings (SSSR count). The third-order valence-corrected chi connectivity index (χ3v) is 4.38. The van der Waals surface area contributed by atoms with Gasteiger partial charge in [-0.25, -0.2) is 0 Å². The maximum Gasteiger partial charge on any atom is 0.248 e. The first-order valence-corrected chi connectivity index (χ1v) is 9.11. The van der Waals surface area contributed by atoms with Crippen LogP contribution in [-0.2, 0) is 10.2 Å². The number of nitrogens with one attached hydrogen (secondary N) is 1. The third-order valence-electron chi connectivity index (χ3n) is 3.73. The first-order chi connectivity index (χ1) is 11.8. The predicted molar refractivity (Wildman–Crippen MR) is 108 cm³/mol. The summed E-state index contributed by atoms with van der Waals surface area (Å²) in [6.45, 7) is 9.00. The number of hydrogen-bond donors (Lipinski definition) is 1. The van der Waals surface area contributed by atoms with Gasteiger partial charge in [0.25, 0.3) is 0 Å². The van der Waals surface area contributed by atoms with E-state index in [0.717, 1.165) is 21.5 Å². The van der Waals surface area contributed by atoms with Crippen LogP contribution in [-0.4, -0.2) is 12.5 Å². The Labute approximate surface area is 158 Å². The van der Waals surface area contributed by atoms with E-state index in [1.807, 2.05) is 49.4 Å². The lowest BCUT2D eigenvalue weighted by atomic mass is 9.87. The van der Waals surface area contributed by atoms with Gasteiger partial charge in [0, 0.05) is 16.1 Å². The van der Waals surface area contributed by atoms with E-state index in [-0.39, 0.29) is 11.3 Å². The zero-order valence-electron chi connectivity index (χ0n) is 15.1. The first-order valence-electron chi connectivity index (χ1n) is 8.32. The highest BCUT2D eigenvalue weighted by molar-refractivity contribution is 9.10. The monoisotopic (exact) mass is 401 g/mol. The molecule has 0 unspecified atom stereocenters. The van der Waals surface area contributed by atoms with E-state index in [1.54, 1.807) is 6.08 Å². The highest BCUT2D eigenvalue weighted by Gasteiger charge is 2.15. The minimum absolute atomic E-state index is 0.0634. The molecule has 0 saturated heterocycles. The number of benzene rings is 2. The zero-order chi connectivity index (χ0) is 18.4. The van der Waals surface area contributed by atoms with Crippen LogP contribution in [0.2, 0.25) is 0 Å². The molecule has 132 valence electrons. The van der Waals surface area contributed by atoms with Gasteiger partial charge in [0.15, 0.2) is 0 Å². The summed E-state index contributed by atoms with van der Waals surface area (Å²) < 4.78 is 6.43. The number of carbonyl (C=O) groups is 1. The van der Waals surface area contributed by atoms with Gasteiger partial charge in [-0.15, -0.1) is 0 Å². The van der Waals surface area contributed by atoms with Crippen LogP contribution in [0, 0.1) is 0 Å². The second-order valence-electron chi connectivity index (χ2n) is 6.74. The van der Waals surface area contributed by atoms with Gasteiger partial charge in [-0.1, -0.05) is 45.0 Å². The summed E-state index contributed by atoms with van der Waals surface area (Å²) in [6, 6.07) is 13.6. The molecule has 0 aliphatic heterocycles. The topological polar surface area (TPSA) is 38.3 Å². The smallest absolute Gasteiger partial charge is 0.248 e. The van der Waals surface area contributed by atoms with Crippen LogP contribution < -0.4 is 10.1 Å². The number of anilines is 1. The standard InChI is InChI=1S/C21H24BrNO2/c1-5-25-19-9-7-6-8-15(19)10-13-20(24)23-18-12-11-16(14-17(18)22)21(2,3)4/h6-14H,5H2,1-4H3,(H,23,24)/b13-10+. The lowest BCUT2D eigenvalue weighted by Gasteiger charge is -2.20. The molecule has 0 aliphatic rings. The van der Waals surface area contributed by atoms with Crippen LogP contribution in [0.15, 0.2) is 53.0 Å². The molecule has 0 radical (unpaired) electrons. The second kappa shape index (κ2) is 8.34. The highest BCUT2D eigenvalue weighted by Crippen LogP contribution is 2.30. The molecule has 1 N–H and O–H groups in total. The van der Waals surface area contributed by atoms with Crippen molar-refractivity contribution in [2.75, 3.05) is 11.9 Å². The van der Waals surface area contributed by atoms with Crippen molar-refractivity contribution >= 4 is 33.6 Å². The molecule has 0 aromatic heterocycles. The molecule has 0 fully saturated rings. The van der Waals surface area contributed by atoms with Crippen molar-refractivity contribution in [3.05, 3.63) is 64.1 Å². The third kappa shape index (κ3) is 5.46. The number of ether oxygens (including phenoxy) is 1. The van der Waals surface area contributed by atoms with Gasteiger partial charge in [0.05, 0.1) is 12.3 Å². The Balaban J connectivity index is 2.10. The van der Waals surface area contributed by atoms with Gasteiger partial charge < -0.3 is 10.1 Å². The normalized spacial score (nSPS) is 11.6. The lowest BCUT2D eigenvalue weighted by Crippen LogP contribution is -2.12. The quantitative estimate of drug-likeness (QED) is 0.643. The van der Waals surface area contributed by atoms with Gasteiger partial charge in [0.1, 0.15) is 5.75 Å². The van der Waals surface area contributed by atoms with Crippen molar-refractivity contribution < 1.29 is 9.53 Å². The number of halogens is 1. The molecule has 1 amide bonds. The molecule has 0 spiro atoms. The first kappa shape index (κ1) is 19.3. The summed E-state index contributed by atoms with van der Waals surface area (Å²) in [4.78, 5) is 12.2. The Morgan fingerprint density at radius 2 is 1.92 bits per heavy atom. The summed E-state index contributed by atoms with van der Waals surface area (Å²) in [5, 5.41) is 2.90. The van der Waals surface area contributed by atoms with Crippen LogP contribution in [0.25, 0.3) is 6.08 Å². The van der Waals surface area contributed by atoms with E-state index in [9.17, 15) is 4.79 Å². The van der Waals surface area contributed by atoms with Crippen molar-refractivity contribution in [2.24, 2.45) is 0 Å². The molecular formula is C21H24BrNO2. The summed E-state index contributed by atoms with van der Waals surface area (Å²) in [6.07, 6.45) is 3.28. The van der Waals surface area contributed by atoms with E-state index >= 15 is 0 Å². The molecule has 0 bridgehead atoms. The Hall–Kier alpha value is -2.07. The molecule has 2 aromatic rings. The number of rotatable bonds is 5. The number of amides is 1. The highest BCUT2D eigenvalue weighted by atomic mass is 79.9. The van der Waals surface area contributed by atoms with Gasteiger partial charge in [-0.05, 0) is 58.1 Å². The average molecular weight is 402 g/mol. The number of para-hydroxylation sites is 1. The van der Waals surface area contributed by atoms with Crippen molar-refractivity contribution in [3.63, 3.8) is 0 Å². The van der Waals surface area contributed by atoms with Crippen molar-refractivity contribution in [1.82, 2.24) is 0 Å². The summed E-state index contributed by atoms with van der Waals surface area (Å²) in [7, 11) is 0. The maximum atomic E-state index is 12.2. The predicted octanol–water partition coefficient (Wildman–Crippen LogP) is 5.80. The van der Waals surface area contributed by atoms with Crippen LogP contribution >= 0.6 is 15.9 Å². The summed E-state index contributed by atoms with van der Waals surface area (Å²) in [5.41, 5.74) is 2.90. The van der Waals surface area contributed by atoms with Crippen molar-refractivity contribution in [1.29, 1.82) is 0 Å². The SMILES string of the molecule is CCOc1ccccc1/C=C/C(=O)Nc1ccc(C(C)(C)C)cc1Br. The Kier molecular flexibility index (Phi) is 6.43. The molecular weight excluding hydrogens is 378 g/mol. The Morgan fingerprint density at radius 3 is 2.56 bits per heavy atom. The Bertz CT molecular complexity index is 776. The van der Waals surface area contributed by atoms with Crippen molar-refractivity contribution in [2.45, 2.75) is 33.1 Å². The summed E-state index contributed by atoms with van der Waals surface area (Å²) in [5.74, 6) is 0.584. The second-order valence-corrected chi connectivity index (χ2v) is 7.59. The largest absolute Gasteiger partial charge is 0.493 e. The van der Waals surface area contributed by atoms with Crippen LogP contribution in [0.1, 0.15) is 38.8 Å². The fourth-order valence-electron chi connectivity index (χ4n) is 2.33. The summed E-state index contributed by atoms with van der Waals surface area (Å²) >= 11 is 3.54. The molecule has 0 atom stereocenters. The average Bonchev–Trinajstić information content (AvgIpc) is 2.55. The van der Waals surface area contributed by atoms with Crippen LogP contribution in [0.3, 0.4) is 0 Å².